The summed E-state index contributed by atoms with van der Waals surface area (Å²) in [4.78, 5) is 0. The van der Waals surface area contributed by atoms with Gasteiger partial charge in [-0.1, -0.05) is 188 Å². The number of nitrogens with zero attached hydrogens (tertiary/aromatic N) is 1. The van der Waals surface area contributed by atoms with Gasteiger partial charge in [0.05, 0.1) is 11.0 Å². The quantitative estimate of drug-likeness (QED) is 0.135. The molecule has 10 aromatic carbocycles. The van der Waals surface area contributed by atoms with Gasteiger partial charge >= 0.3 is 0 Å². The van der Waals surface area contributed by atoms with Gasteiger partial charge in [0.1, 0.15) is 0 Å². The molecule has 2 heterocycles. The molecule has 2 aromatic heterocycles. The molecule has 0 aliphatic rings. The molecule has 296 valence electrons. The van der Waals surface area contributed by atoms with Gasteiger partial charge in [-0.25, -0.2) is 0 Å². The van der Waals surface area contributed by atoms with Crippen LogP contribution in [0.3, 0.4) is 0 Å². The molecule has 0 fully saturated rings. The summed E-state index contributed by atoms with van der Waals surface area (Å²) in [5.74, 6) is 0. The van der Waals surface area contributed by atoms with Crippen LogP contribution < -0.4 is 0 Å². The van der Waals surface area contributed by atoms with Gasteiger partial charge < -0.3 is 4.57 Å². The van der Waals surface area contributed by atoms with Crippen molar-refractivity contribution < 1.29 is 0 Å². The molecule has 0 amide bonds. The van der Waals surface area contributed by atoms with Crippen molar-refractivity contribution in [1.82, 2.24) is 4.57 Å². The lowest BCUT2D eigenvalue weighted by atomic mass is 9.93. The molecule has 12 aromatic rings. The molecular formula is C61H41NS. The second-order valence-corrected chi connectivity index (χ2v) is 17.6. The molecule has 0 aliphatic heterocycles. The molecule has 0 bridgehead atoms. The predicted molar refractivity (Wildman–Crippen MR) is 272 cm³/mol. The maximum absolute atomic E-state index is 2.45. The first-order chi connectivity index (χ1) is 31.2. The van der Waals surface area contributed by atoms with Crippen LogP contribution in [0.2, 0.25) is 0 Å². The first-order valence-electron chi connectivity index (χ1n) is 21.7. The van der Waals surface area contributed by atoms with Crippen LogP contribution in [0.25, 0.3) is 103 Å². The highest BCUT2D eigenvalue weighted by molar-refractivity contribution is 7.26. The van der Waals surface area contributed by atoms with E-state index in [0.717, 1.165) is 6.42 Å². The number of hydrogen-bond acceptors (Lipinski definition) is 1. The lowest BCUT2D eigenvalue weighted by Gasteiger charge is -2.11. The van der Waals surface area contributed by atoms with E-state index in [2.05, 4.69) is 241 Å². The Morgan fingerprint density at radius 3 is 1.79 bits per heavy atom. The van der Waals surface area contributed by atoms with Crippen molar-refractivity contribution >= 4 is 75.7 Å². The van der Waals surface area contributed by atoms with Gasteiger partial charge in [-0.2, -0.15) is 0 Å². The molecule has 0 aliphatic carbocycles. The minimum atomic E-state index is 0.838. The zero-order valence-corrected chi connectivity index (χ0v) is 35.4. The predicted octanol–water partition coefficient (Wildman–Crippen LogP) is 17.1. The van der Waals surface area contributed by atoms with Gasteiger partial charge in [-0.05, 0) is 116 Å². The van der Waals surface area contributed by atoms with E-state index in [1.54, 1.807) is 0 Å². The summed E-state index contributed by atoms with van der Waals surface area (Å²) < 4.78 is 5.12. The molecule has 0 saturated heterocycles. The maximum atomic E-state index is 2.45. The Balaban J connectivity index is 0.893. The van der Waals surface area contributed by atoms with Gasteiger partial charge in [0.15, 0.2) is 0 Å². The van der Waals surface area contributed by atoms with Gasteiger partial charge in [0.25, 0.3) is 0 Å². The molecule has 12 rings (SSSR count). The zero-order chi connectivity index (χ0) is 41.7. The number of hydrogen-bond donors (Lipinski definition) is 0. The smallest absolute Gasteiger partial charge is 0.0547 e. The van der Waals surface area contributed by atoms with E-state index in [0.29, 0.717) is 0 Å². The fourth-order valence-electron chi connectivity index (χ4n) is 9.46. The Morgan fingerprint density at radius 1 is 0.397 bits per heavy atom. The second kappa shape index (κ2) is 15.6. The number of thiophene rings is 1. The molecule has 1 nitrogen and oxygen atoms in total. The molecule has 0 unspecified atom stereocenters. The van der Waals surface area contributed by atoms with Crippen LogP contribution in [0.4, 0.5) is 0 Å². The van der Waals surface area contributed by atoms with Crippen LogP contribution in [0.1, 0.15) is 16.7 Å². The third kappa shape index (κ3) is 6.82. The Labute approximate surface area is 371 Å². The standard InChI is InChI=1S/C61H41NS/c1-4-13-43(14-5-1)45-27-23-41(24-28-45)35-51(44-15-6-2-7-16-44)36-42-25-29-46(30-26-42)47-17-12-18-48(37-47)49-32-34-58-56(38-49)57-40-55-50(39-59(57)62(58)52-19-8-3-9-20-52)31-33-54-53-21-10-11-22-60(53)63-61(54)55/h1-35,37-40H,36H2/b51-35-. The van der Waals surface area contributed by atoms with Crippen molar-refractivity contribution in [1.29, 1.82) is 0 Å². The Kier molecular flexibility index (Phi) is 9.17. The number of allylic oxidation sites excluding steroid dienone is 1. The highest BCUT2D eigenvalue weighted by Crippen LogP contribution is 2.43. The van der Waals surface area contributed by atoms with Gasteiger partial charge in [-0.15, -0.1) is 11.3 Å². The third-order valence-corrected chi connectivity index (χ3v) is 13.9. The maximum Gasteiger partial charge on any atom is 0.0547 e. The summed E-state index contributed by atoms with van der Waals surface area (Å²) in [7, 11) is 0. The largest absolute Gasteiger partial charge is 0.309 e. The number of rotatable bonds is 8. The lowest BCUT2D eigenvalue weighted by molar-refractivity contribution is 1.18. The van der Waals surface area contributed by atoms with Crippen molar-refractivity contribution in [3.05, 3.63) is 247 Å². The van der Waals surface area contributed by atoms with Crippen molar-refractivity contribution in [3.63, 3.8) is 0 Å². The van der Waals surface area contributed by atoms with Crippen LogP contribution >= 0.6 is 11.3 Å². The van der Waals surface area contributed by atoms with Crippen molar-refractivity contribution in [3.8, 4) is 39.1 Å². The number of para-hydroxylation sites is 1. The number of benzene rings is 10. The molecule has 0 radical (unpaired) electrons. The van der Waals surface area contributed by atoms with E-state index < -0.39 is 0 Å². The summed E-state index contributed by atoms with van der Waals surface area (Å²) in [6, 6.07) is 84.4. The van der Waals surface area contributed by atoms with Crippen molar-refractivity contribution in [2.45, 2.75) is 6.42 Å². The summed E-state index contributed by atoms with van der Waals surface area (Å²) in [5, 5.41) is 7.77. The molecule has 0 N–H and O–H groups in total. The Bertz CT molecular complexity index is 3650. The van der Waals surface area contributed by atoms with Crippen molar-refractivity contribution in [2.75, 3.05) is 0 Å². The Morgan fingerprint density at radius 2 is 1.00 bits per heavy atom. The first kappa shape index (κ1) is 37.0. The molecular weight excluding hydrogens is 779 g/mol. The van der Waals surface area contributed by atoms with Crippen molar-refractivity contribution in [2.24, 2.45) is 0 Å². The highest BCUT2D eigenvalue weighted by Gasteiger charge is 2.17. The van der Waals surface area contributed by atoms with E-state index in [1.807, 2.05) is 11.3 Å². The van der Waals surface area contributed by atoms with Crippen LogP contribution in [0.5, 0.6) is 0 Å². The van der Waals surface area contributed by atoms with Crippen LogP contribution in [0.15, 0.2) is 231 Å². The van der Waals surface area contributed by atoms with Crippen LogP contribution in [-0.4, -0.2) is 4.57 Å². The molecule has 2 heteroatoms. The third-order valence-electron chi connectivity index (χ3n) is 12.6. The summed E-state index contributed by atoms with van der Waals surface area (Å²) >= 11 is 1.90. The minimum absolute atomic E-state index is 0.838. The summed E-state index contributed by atoms with van der Waals surface area (Å²) in [5.41, 5.74) is 15.9. The first-order valence-corrected chi connectivity index (χ1v) is 22.5. The molecule has 0 atom stereocenters. The van der Waals surface area contributed by atoms with E-state index in [9.17, 15) is 0 Å². The SMILES string of the molecule is C(=C(\Cc1ccc(-c2cccc(-c3ccc4c(c3)c3cc5c(ccc6c7ccccc7sc56)cc3n4-c3ccccc3)c2)cc1)c1ccccc1)/c1ccc(-c2ccccc2)cc1. The molecule has 63 heavy (non-hydrogen) atoms. The van der Waals surface area contributed by atoms with E-state index in [-0.39, 0.29) is 0 Å². The fourth-order valence-corrected chi connectivity index (χ4v) is 10.7. The Hall–Kier alpha value is -7.78. The topological polar surface area (TPSA) is 4.93 Å². The summed E-state index contributed by atoms with van der Waals surface area (Å²) in [6.45, 7) is 0. The second-order valence-electron chi connectivity index (χ2n) is 16.5. The monoisotopic (exact) mass is 819 g/mol. The van der Waals surface area contributed by atoms with E-state index >= 15 is 0 Å². The number of fused-ring (bicyclic) bond motifs is 8. The number of aromatic nitrogens is 1. The zero-order valence-electron chi connectivity index (χ0n) is 34.6. The van der Waals surface area contributed by atoms with Gasteiger partial charge in [0.2, 0.25) is 0 Å². The normalized spacial score (nSPS) is 12.0. The van der Waals surface area contributed by atoms with E-state index in [1.165, 1.54) is 114 Å². The van der Waals surface area contributed by atoms with Gasteiger partial charge in [0, 0.05) is 42.0 Å². The lowest BCUT2D eigenvalue weighted by Crippen LogP contribution is -1.93. The molecule has 0 spiro atoms. The average Bonchev–Trinajstić information content (AvgIpc) is 3.90. The molecule has 0 saturated carbocycles. The van der Waals surface area contributed by atoms with Gasteiger partial charge in [-0.3, -0.25) is 0 Å². The summed E-state index contributed by atoms with van der Waals surface area (Å²) in [6.07, 6.45) is 3.17. The highest BCUT2D eigenvalue weighted by atomic mass is 32.1. The fraction of sp³-hybridized carbons (Fsp3) is 0.0164. The van der Waals surface area contributed by atoms with Crippen LogP contribution in [0, 0.1) is 0 Å². The van der Waals surface area contributed by atoms with Crippen LogP contribution in [-0.2, 0) is 6.42 Å². The van der Waals surface area contributed by atoms with E-state index in [4.69, 9.17) is 0 Å². The minimum Gasteiger partial charge on any atom is -0.309 e. The average molecular weight is 820 g/mol.